The Morgan fingerprint density at radius 2 is 1.84 bits per heavy atom. The van der Waals surface area contributed by atoms with Crippen molar-refractivity contribution >= 4 is 27.5 Å². The van der Waals surface area contributed by atoms with Crippen LogP contribution in [0.25, 0.3) is 0 Å². The predicted octanol–water partition coefficient (Wildman–Crippen LogP) is 3.39. The Bertz CT molecular complexity index is 745. The maximum absolute atomic E-state index is 12.9. The van der Waals surface area contributed by atoms with E-state index in [2.05, 4.69) is 6.92 Å². The van der Waals surface area contributed by atoms with E-state index in [1.54, 1.807) is 6.07 Å². The topological polar surface area (TPSA) is 57.7 Å². The molecule has 2 heterocycles. The summed E-state index contributed by atoms with van der Waals surface area (Å²) in [6.07, 6.45) is 4.88. The van der Waals surface area contributed by atoms with Crippen molar-refractivity contribution in [1.29, 1.82) is 0 Å². The molecule has 7 heteroatoms. The third-order valence-electron chi connectivity index (χ3n) is 5.06. The summed E-state index contributed by atoms with van der Waals surface area (Å²) < 4.78 is 27.3. The largest absolute Gasteiger partial charge is 0.338 e. The van der Waals surface area contributed by atoms with Crippen LogP contribution in [0.5, 0.6) is 0 Å². The molecular formula is C18H25ClN2O3S. The van der Waals surface area contributed by atoms with Gasteiger partial charge in [-0.1, -0.05) is 24.9 Å². The minimum Gasteiger partial charge on any atom is -0.338 e. The van der Waals surface area contributed by atoms with Gasteiger partial charge in [0.15, 0.2) is 0 Å². The number of carbonyl (C=O) groups is 1. The molecule has 0 bridgehead atoms. The number of hydrogen-bond acceptors (Lipinski definition) is 3. The molecule has 1 unspecified atom stereocenters. The van der Waals surface area contributed by atoms with E-state index in [-0.39, 0.29) is 15.8 Å². The molecule has 2 fully saturated rings. The first-order chi connectivity index (χ1) is 11.9. The third kappa shape index (κ3) is 4.01. The molecule has 0 aromatic heterocycles. The quantitative estimate of drug-likeness (QED) is 0.802. The SMILES string of the molecule is CC1CCCN(C(=O)c2ccc(Cl)c(S(=O)(=O)N3CCCCC3)c2)C1. The number of carbonyl (C=O) groups excluding carboxylic acids is 1. The highest BCUT2D eigenvalue weighted by molar-refractivity contribution is 7.89. The van der Waals surface area contributed by atoms with Gasteiger partial charge in [-0.25, -0.2) is 8.42 Å². The lowest BCUT2D eigenvalue weighted by atomic mass is 9.99. The highest BCUT2D eigenvalue weighted by atomic mass is 35.5. The summed E-state index contributed by atoms with van der Waals surface area (Å²) >= 11 is 6.18. The first-order valence-corrected chi connectivity index (χ1v) is 10.8. The number of nitrogens with zero attached hydrogens (tertiary/aromatic N) is 2. The van der Waals surface area contributed by atoms with Gasteiger partial charge in [0.1, 0.15) is 4.90 Å². The lowest BCUT2D eigenvalue weighted by Crippen LogP contribution is -2.39. The van der Waals surface area contributed by atoms with E-state index in [0.717, 1.165) is 45.2 Å². The lowest BCUT2D eigenvalue weighted by molar-refractivity contribution is 0.0683. The Morgan fingerprint density at radius 3 is 2.52 bits per heavy atom. The van der Waals surface area contributed by atoms with Crippen molar-refractivity contribution in [1.82, 2.24) is 9.21 Å². The van der Waals surface area contributed by atoms with Gasteiger partial charge in [0.25, 0.3) is 5.91 Å². The van der Waals surface area contributed by atoms with Gasteiger partial charge in [-0.05, 0) is 49.8 Å². The molecule has 2 aliphatic heterocycles. The van der Waals surface area contributed by atoms with E-state index < -0.39 is 10.0 Å². The van der Waals surface area contributed by atoms with Crippen molar-refractivity contribution in [3.63, 3.8) is 0 Å². The molecular weight excluding hydrogens is 360 g/mol. The van der Waals surface area contributed by atoms with Gasteiger partial charge in [-0.15, -0.1) is 0 Å². The van der Waals surface area contributed by atoms with E-state index in [1.165, 1.54) is 16.4 Å². The van der Waals surface area contributed by atoms with Crippen LogP contribution in [0.3, 0.4) is 0 Å². The number of piperidine rings is 2. The fourth-order valence-electron chi connectivity index (χ4n) is 3.63. The molecule has 0 spiro atoms. The Morgan fingerprint density at radius 1 is 1.12 bits per heavy atom. The Hall–Kier alpha value is -1.11. The van der Waals surface area contributed by atoms with Crippen LogP contribution in [0.4, 0.5) is 0 Å². The minimum atomic E-state index is -3.66. The molecule has 2 saturated heterocycles. The van der Waals surface area contributed by atoms with Crippen LogP contribution >= 0.6 is 11.6 Å². The van der Waals surface area contributed by atoms with Gasteiger partial charge in [-0.2, -0.15) is 4.31 Å². The van der Waals surface area contributed by atoms with Crippen molar-refractivity contribution in [2.24, 2.45) is 5.92 Å². The van der Waals surface area contributed by atoms with Crippen molar-refractivity contribution in [3.8, 4) is 0 Å². The Balaban J connectivity index is 1.88. The Labute approximate surface area is 155 Å². The van der Waals surface area contributed by atoms with Crippen LogP contribution in [0, 0.1) is 5.92 Å². The fraction of sp³-hybridized carbons (Fsp3) is 0.611. The monoisotopic (exact) mass is 384 g/mol. The van der Waals surface area contributed by atoms with Crippen LogP contribution in [-0.2, 0) is 10.0 Å². The van der Waals surface area contributed by atoms with Crippen LogP contribution < -0.4 is 0 Å². The molecule has 5 nitrogen and oxygen atoms in total. The van der Waals surface area contributed by atoms with Crippen molar-refractivity contribution in [2.45, 2.75) is 43.9 Å². The molecule has 0 N–H and O–H groups in total. The number of halogens is 1. The van der Waals surface area contributed by atoms with Crippen molar-refractivity contribution < 1.29 is 13.2 Å². The van der Waals surface area contributed by atoms with Crippen LogP contribution in [0.2, 0.25) is 5.02 Å². The normalized spacial score (nSPS) is 22.8. The molecule has 0 saturated carbocycles. The van der Waals surface area contributed by atoms with E-state index in [9.17, 15) is 13.2 Å². The zero-order valence-electron chi connectivity index (χ0n) is 14.6. The van der Waals surface area contributed by atoms with Gasteiger partial charge in [-0.3, -0.25) is 4.79 Å². The lowest BCUT2D eigenvalue weighted by Gasteiger charge is -2.31. The van der Waals surface area contributed by atoms with Gasteiger partial charge in [0, 0.05) is 31.7 Å². The van der Waals surface area contributed by atoms with E-state index in [4.69, 9.17) is 11.6 Å². The Kier molecular flexibility index (Phi) is 5.71. The number of likely N-dealkylation sites (tertiary alicyclic amines) is 1. The highest BCUT2D eigenvalue weighted by Crippen LogP contribution is 2.29. The van der Waals surface area contributed by atoms with E-state index in [0.29, 0.717) is 24.6 Å². The molecule has 0 aliphatic carbocycles. The maximum atomic E-state index is 12.9. The molecule has 25 heavy (non-hydrogen) atoms. The molecule has 1 atom stereocenters. The van der Waals surface area contributed by atoms with Crippen LogP contribution in [0.15, 0.2) is 23.1 Å². The van der Waals surface area contributed by atoms with Crippen molar-refractivity contribution in [3.05, 3.63) is 28.8 Å². The number of sulfonamides is 1. The van der Waals surface area contributed by atoms with Gasteiger partial charge < -0.3 is 4.90 Å². The summed E-state index contributed by atoms with van der Waals surface area (Å²) in [5, 5.41) is 0.175. The number of rotatable bonds is 3. The molecule has 138 valence electrons. The molecule has 1 amide bonds. The van der Waals surface area contributed by atoms with E-state index >= 15 is 0 Å². The van der Waals surface area contributed by atoms with Gasteiger partial charge in [0.05, 0.1) is 5.02 Å². The number of benzene rings is 1. The van der Waals surface area contributed by atoms with Crippen molar-refractivity contribution in [2.75, 3.05) is 26.2 Å². The second kappa shape index (κ2) is 7.64. The minimum absolute atomic E-state index is 0.0481. The molecule has 3 rings (SSSR count). The summed E-state index contributed by atoms with van der Waals surface area (Å²) in [6.45, 7) is 4.60. The van der Waals surface area contributed by atoms with E-state index in [1.807, 2.05) is 4.90 Å². The number of amides is 1. The highest BCUT2D eigenvalue weighted by Gasteiger charge is 2.30. The average molecular weight is 385 g/mol. The molecule has 1 aromatic carbocycles. The predicted molar refractivity (Wildman–Crippen MR) is 98.4 cm³/mol. The van der Waals surface area contributed by atoms with Gasteiger partial charge in [0.2, 0.25) is 10.0 Å². The number of hydrogen-bond donors (Lipinski definition) is 0. The molecule has 2 aliphatic rings. The molecule has 0 radical (unpaired) electrons. The standard InChI is InChI=1S/C18H25ClN2O3S/c1-14-6-5-9-20(13-14)18(22)15-7-8-16(19)17(12-15)25(23,24)21-10-3-2-4-11-21/h7-8,12,14H,2-6,9-11,13H2,1H3. The summed E-state index contributed by atoms with van der Waals surface area (Å²) in [5.41, 5.74) is 0.397. The molecule has 1 aromatic rings. The average Bonchev–Trinajstić information content (AvgIpc) is 2.62. The van der Waals surface area contributed by atoms with Gasteiger partial charge >= 0.3 is 0 Å². The maximum Gasteiger partial charge on any atom is 0.253 e. The first kappa shape index (κ1) is 18.7. The van der Waals surface area contributed by atoms with Crippen LogP contribution in [0.1, 0.15) is 49.4 Å². The summed E-state index contributed by atoms with van der Waals surface area (Å²) in [6, 6.07) is 4.60. The zero-order chi connectivity index (χ0) is 18.0. The smallest absolute Gasteiger partial charge is 0.253 e. The second-order valence-electron chi connectivity index (χ2n) is 7.11. The van der Waals surface area contributed by atoms with Crippen LogP contribution in [-0.4, -0.2) is 49.7 Å². The summed E-state index contributed by atoms with van der Waals surface area (Å²) in [7, 11) is -3.66. The second-order valence-corrected chi connectivity index (χ2v) is 9.42. The summed E-state index contributed by atoms with van der Waals surface area (Å²) in [4.78, 5) is 14.6. The zero-order valence-corrected chi connectivity index (χ0v) is 16.2. The summed E-state index contributed by atoms with van der Waals surface area (Å²) in [5.74, 6) is 0.361. The third-order valence-corrected chi connectivity index (χ3v) is 7.44. The fourth-order valence-corrected chi connectivity index (χ4v) is 5.65. The first-order valence-electron chi connectivity index (χ1n) is 8.98.